The average molecular weight is 308 g/mol. The lowest BCUT2D eigenvalue weighted by Crippen LogP contribution is -2.38. The summed E-state index contributed by atoms with van der Waals surface area (Å²) in [5.74, 6) is 0.638. The fourth-order valence-corrected chi connectivity index (χ4v) is 2.62. The van der Waals surface area contributed by atoms with Crippen molar-refractivity contribution in [3.05, 3.63) is 29.4 Å². The van der Waals surface area contributed by atoms with Crippen LogP contribution in [0.3, 0.4) is 0 Å². The standard InChI is InChI=1S/C14H18ClN5O/c1-3-20-4-5-21-12(9-20)14-17-11(6-13(15)18-14)10-7-16-19(2)8-10/h6-8,12H,3-5,9H2,1-2H3. The lowest BCUT2D eigenvalue weighted by Gasteiger charge is -2.31. The SMILES string of the molecule is CCN1CCOC(c2nc(Cl)cc(-c3cnn(C)c3)n2)C1. The van der Waals surface area contributed by atoms with Gasteiger partial charge in [0.2, 0.25) is 0 Å². The van der Waals surface area contributed by atoms with Gasteiger partial charge in [-0.2, -0.15) is 5.10 Å². The molecule has 1 aliphatic heterocycles. The average Bonchev–Trinajstić information content (AvgIpc) is 2.93. The second-order valence-electron chi connectivity index (χ2n) is 5.09. The van der Waals surface area contributed by atoms with E-state index < -0.39 is 0 Å². The van der Waals surface area contributed by atoms with Gasteiger partial charge in [0.15, 0.2) is 5.82 Å². The van der Waals surface area contributed by atoms with Crippen LogP contribution in [0.4, 0.5) is 0 Å². The molecule has 2 aromatic rings. The molecule has 0 N–H and O–H groups in total. The lowest BCUT2D eigenvalue weighted by atomic mass is 10.2. The van der Waals surface area contributed by atoms with Crippen molar-refractivity contribution in [2.45, 2.75) is 13.0 Å². The molecule has 21 heavy (non-hydrogen) atoms. The molecule has 0 aliphatic carbocycles. The maximum absolute atomic E-state index is 6.15. The van der Waals surface area contributed by atoms with Gasteiger partial charge in [0.1, 0.15) is 11.3 Å². The number of morpholine rings is 1. The topological polar surface area (TPSA) is 56.1 Å². The molecule has 0 spiro atoms. The molecule has 2 aromatic heterocycles. The molecule has 6 nitrogen and oxygen atoms in total. The highest BCUT2D eigenvalue weighted by Crippen LogP contribution is 2.25. The summed E-state index contributed by atoms with van der Waals surface area (Å²) in [4.78, 5) is 11.3. The summed E-state index contributed by atoms with van der Waals surface area (Å²) in [6, 6.07) is 1.75. The molecule has 0 aromatic carbocycles. The normalized spacial score (nSPS) is 19.9. The van der Waals surface area contributed by atoms with Gasteiger partial charge >= 0.3 is 0 Å². The Morgan fingerprint density at radius 1 is 1.43 bits per heavy atom. The fourth-order valence-electron chi connectivity index (χ4n) is 2.43. The third kappa shape index (κ3) is 3.23. The first-order valence-corrected chi connectivity index (χ1v) is 7.41. The maximum atomic E-state index is 6.15. The summed E-state index contributed by atoms with van der Waals surface area (Å²) < 4.78 is 7.54. The molecule has 1 atom stereocenters. The van der Waals surface area contributed by atoms with Crippen LogP contribution in [0.1, 0.15) is 18.9 Å². The van der Waals surface area contributed by atoms with Gasteiger partial charge in [0.05, 0.1) is 18.5 Å². The Morgan fingerprint density at radius 2 is 2.29 bits per heavy atom. The minimum atomic E-state index is -0.132. The maximum Gasteiger partial charge on any atom is 0.160 e. The highest BCUT2D eigenvalue weighted by molar-refractivity contribution is 6.29. The molecule has 112 valence electrons. The molecule has 3 heterocycles. The number of ether oxygens (including phenoxy) is 1. The zero-order valence-corrected chi connectivity index (χ0v) is 12.9. The number of hydrogen-bond donors (Lipinski definition) is 0. The predicted molar refractivity (Wildman–Crippen MR) is 80.1 cm³/mol. The van der Waals surface area contributed by atoms with Crippen molar-refractivity contribution in [3.8, 4) is 11.3 Å². The van der Waals surface area contributed by atoms with Crippen LogP contribution < -0.4 is 0 Å². The number of aromatic nitrogens is 4. The molecular weight excluding hydrogens is 290 g/mol. The van der Waals surface area contributed by atoms with E-state index in [0.29, 0.717) is 17.6 Å². The quantitative estimate of drug-likeness (QED) is 0.811. The third-order valence-corrected chi connectivity index (χ3v) is 3.79. The van der Waals surface area contributed by atoms with E-state index in [9.17, 15) is 0 Å². The molecule has 0 amide bonds. The first kappa shape index (κ1) is 14.4. The minimum absolute atomic E-state index is 0.132. The van der Waals surface area contributed by atoms with Gasteiger partial charge in [0, 0.05) is 38.0 Å². The van der Waals surface area contributed by atoms with Crippen LogP contribution in [-0.4, -0.2) is 50.9 Å². The molecule has 3 rings (SSSR count). The largest absolute Gasteiger partial charge is 0.368 e. The van der Waals surface area contributed by atoms with Crippen LogP contribution in [0.2, 0.25) is 5.15 Å². The smallest absolute Gasteiger partial charge is 0.160 e. The van der Waals surface area contributed by atoms with Crippen LogP contribution in [0.15, 0.2) is 18.5 Å². The van der Waals surface area contributed by atoms with E-state index in [1.54, 1.807) is 16.9 Å². The lowest BCUT2D eigenvalue weighted by molar-refractivity contribution is -0.0325. The molecule has 7 heteroatoms. The van der Waals surface area contributed by atoms with Crippen LogP contribution >= 0.6 is 11.6 Å². The van der Waals surface area contributed by atoms with Crippen molar-refractivity contribution < 1.29 is 4.74 Å². The summed E-state index contributed by atoms with van der Waals surface area (Å²) in [5.41, 5.74) is 1.70. The Balaban J connectivity index is 1.90. The zero-order valence-electron chi connectivity index (χ0n) is 12.2. The Bertz CT molecular complexity index is 630. The van der Waals surface area contributed by atoms with Gasteiger partial charge in [-0.05, 0) is 6.54 Å². The molecule has 1 aliphatic rings. The fraction of sp³-hybridized carbons (Fsp3) is 0.500. The summed E-state index contributed by atoms with van der Waals surface area (Å²) in [6.45, 7) is 5.57. The van der Waals surface area contributed by atoms with Crippen molar-refractivity contribution in [2.75, 3.05) is 26.2 Å². The number of nitrogens with zero attached hydrogens (tertiary/aromatic N) is 5. The highest BCUT2D eigenvalue weighted by Gasteiger charge is 2.24. The van der Waals surface area contributed by atoms with Gasteiger partial charge in [-0.25, -0.2) is 9.97 Å². The second kappa shape index (κ2) is 6.09. The van der Waals surface area contributed by atoms with Crippen LogP contribution in [0, 0.1) is 0 Å². The predicted octanol–water partition coefficient (Wildman–Crippen LogP) is 1.92. The zero-order chi connectivity index (χ0) is 14.8. The van der Waals surface area contributed by atoms with Gasteiger partial charge in [-0.15, -0.1) is 0 Å². The highest BCUT2D eigenvalue weighted by atomic mass is 35.5. The van der Waals surface area contributed by atoms with Gasteiger partial charge in [-0.3, -0.25) is 9.58 Å². The first-order valence-electron chi connectivity index (χ1n) is 7.03. The summed E-state index contributed by atoms with van der Waals surface area (Å²) in [6.07, 6.45) is 3.54. The molecule has 1 fully saturated rings. The van der Waals surface area contributed by atoms with Gasteiger partial charge in [-0.1, -0.05) is 18.5 Å². The van der Waals surface area contributed by atoms with Gasteiger partial charge in [0.25, 0.3) is 0 Å². The number of halogens is 1. The van der Waals surface area contributed by atoms with E-state index in [-0.39, 0.29) is 6.10 Å². The molecule has 0 saturated carbocycles. The van der Waals surface area contributed by atoms with E-state index >= 15 is 0 Å². The second-order valence-corrected chi connectivity index (χ2v) is 5.48. The number of hydrogen-bond acceptors (Lipinski definition) is 5. The molecular formula is C14H18ClN5O. The van der Waals surface area contributed by atoms with E-state index in [0.717, 1.165) is 30.9 Å². The van der Waals surface area contributed by atoms with Crippen molar-refractivity contribution in [2.24, 2.45) is 7.05 Å². The third-order valence-electron chi connectivity index (χ3n) is 3.60. The Kier molecular flexibility index (Phi) is 4.19. The summed E-state index contributed by atoms with van der Waals surface area (Å²) in [7, 11) is 1.87. The summed E-state index contributed by atoms with van der Waals surface area (Å²) >= 11 is 6.15. The molecule has 0 bridgehead atoms. The Morgan fingerprint density at radius 3 is 3.00 bits per heavy atom. The van der Waals surface area contributed by atoms with Crippen LogP contribution in [-0.2, 0) is 11.8 Å². The van der Waals surface area contributed by atoms with Crippen LogP contribution in [0.5, 0.6) is 0 Å². The molecule has 0 radical (unpaired) electrons. The number of likely N-dealkylation sites (N-methyl/N-ethyl adjacent to an activating group) is 1. The van der Waals surface area contributed by atoms with Crippen molar-refractivity contribution in [3.63, 3.8) is 0 Å². The molecule has 1 saturated heterocycles. The Labute approximate surface area is 128 Å². The van der Waals surface area contributed by atoms with Crippen molar-refractivity contribution >= 4 is 11.6 Å². The monoisotopic (exact) mass is 307 g/mol. The van der Waals surface area contributed by atoms with E-state index in [1.165, 1.54) is 0 Å². The summed E-state index contributed by atoms with van der Waals surface area (Å²) in [5, 5.41) is 4.59. The van der Waals surface area contributed by atoms with E-state index in [4.69, 9.17) is 16.3 Å². The minimum Gasteiger partial charge on any atom is -0.368 e. The van der Waals surface area contributed by atoms with Crippen LogP contribution in [0.25, 0.3) is 11.3 Å². The molecule has 1 unspecified atom stereocenters. The van der Waals surface area contributed by atoms with Gasteiger partial charge < -0.3 is 4.74 Å². The van der Waals surface area contributed by atoms with Crippen molar-refractivity contribution in [1.82, 2.24) is 24.6 Å². The van der Waals surface area contributed by atoms with E-state index in [1.807, 2.05) is 13.2 Å². The van der Waals surface area contributed by atoms with Crippen molar-refractivity contribution in [1.29, 1.82) is 0 Å². The number of aryl methyl sites for hydroxylation is 1. The Hall–Kier alpha value is -1.50. The first-order chi connectivity index (χ1) is 10.2. The van der Waals surface area contributed by atoms with E-state index in [2.05, 4.69) is 26.9 Å². The number of rotatable bonds is 3.